The lowest BCUT2D eigenvalue weighted by molar-refractivity contribution is -0.119. The average molecular weight is 254 g/mol. The highest BCUT2D eigenvalue weighted by atomic mass is 32.2. The van der Waals surface area contributed by atoms with Gasteiger partial charge in [0.1, 0.15) is 5.03 Å². The van der Waals surface area contributed by atoms with Gasteiger partial charge in [-0.2, -0.15) is 10.3 Å². The summed E-state index contributed by atoms with van der Waals surface area (Å²) in [5.74, 6) is 1.11. The molecule has 0 radical (unpaired) electrons. The summed E-state index contributed by atoms with van der Waals surface area (Å²) in [6, 6.07) is 0.356. The first-order chi connectivity index (χ1) is 8.25. The summed E-state index contributed by atoms with van der Waals surface area (Å²) in [5, 5.41) is 14.0. The van der Waals surface area contributed by atoms with Gasteiger partial charge in [0.15, 0.2) is 0 Å². The lowest BCUT2D eigenvalue weighted by Gasteiger charge is -2.29. The van der Waals surface area contributed by atoms with E-state index >= 15 is 0 Å². The lowest BCUT2D eigenvalue weighted by Crippen LogP contribution is -2.41. The summed E-state index contributed by atoms with van der Waals surface area (Å²) in [6.07, 6.45) is 6.48. The van der Waals surface area contributed by atoms with Crippen LogP contribution < -0.4 is 5.32 Å². The Kier molecular flexibility index (Phi) is 4.42. The van der Waals surface area contributed by atoms with Crippen LogP contribution in [0, 0.1) is 5.92 Å². The topological polar surface area (TPSA) is 70.7 Å². The number of carbonyl (C=O) groups is 1. The fourth-order valence-corrected chi connectivity index (χ4v) is 2.77. The predicted octanol–water partition coefficient (Wildman–Crippen LogP) is 1.59. The molecule has 1 aromatic rings. The Morgan fingerprint density at radius 1 is 1.59 bits per heavy atom. The minimum absolute atomic E-state index is 0.0942. The molecule has 2 rings (SSSR count). The number of H-pyrrole nitrogens is 1. The van der Waals surface area contributed by atoms with Gasteiger partial charge in [0.05, 0.1) is 11.9 Å². The summed E-state index contributed by atoms with van der Waals surface area (Å²) < 4.78 is 0. The van der Waals surface area contributed by atoms with E-state index in [-0.39, 0.29) is 5.91 Å². The van der Waals surface area contributed by atoms with Crippen molar-refractivity contribution in [2.45, 2.75) is 43.7 Å². The third kappa shape index (κ3) is 3.73. The van der Waals surface area contributed by atoms with E-state index < -0.39 is 0 Å². The molecule has 1 aliphatic carbocycles. The van der Waals surface area contributed by atoms with Crippen molar-refractivity contribution in [2.24, 2.45) is 5.92 Å². The van der Waals surface area contributed by atoms with E-state index in [9.17, 15) is 4.79 Å². The molecule has 1 aromatic heterocycles. The van der Waals surface area contributed by atoms with E-state index in [0.29, 0.717) is 17.7 Å². The fraction of sp³-hybridized carbons (Fsp3) is 0.727. The van der Waals surface area contributed by atoms with E-state index in [0.717, 1.165) is 11.4 Å². The monoisotopic (exact) mass is 254 g/mol. The van der Waals surface area contributed by atoms with Crippen molar-refractivity contribution in [1.82, 2.24) is 20.7 Å². The van der Waals surface area contributed by atoms with Crippen molar-refractivity contribution in [1.29, 1.82) is 0 Å². The number of rotatable bonds is 4. The summed E-state index contributed by atoms with van der Waals surface area (Å²) in [5.41, 5.74) is 0. The van der Waals surface area contributed by atoms with E-state index in [1.54, 1.807) is 6.20 Å². The number of nitrogens with one attached hydrogen (secondary N) is 2. The zero-order chi connectivity index (χ0) is 12.1. The maximum Gasteiger partial charge on any atom is 0.230 e. The van der Waals surface area contributed by atoms with Crippen LogP contribution in [0.5, 0.6) is 0 Å². The van der Waals surface area contributed by atoms with Gasteiger partial charge in [-0.25, -0.2) is 0 Å². The molecule has 6 heteroatoms. The Bertz CT molecular complexity index is 354. The van der Waals surface area contributed by atoms with Crippen LogP contribution in [-0.4, -0.2) is 33.1 Å². The van der Waals surface area contributed by atoms with Gasteiger partial charge in [0.2, 0.25) is 5.91 Å². The van der Waals surface area contributed by atoms with Gasteiger partial charge in [-0.05, 0) is 18.8 Å². The summed E-state index contributed by atoms with van der Waals surface area (Å²) >= 11 is 1.41. The third-order valence-electron chi connectivity index (χ3n) is 3.20. The van der Waals surface area contributed by atoms with Gasteiger partial charge in [-0.3, -0.25) is 4.79 Å². The number of amides is 1. The first-order valence-corrected chi connectivity index (χ1v) is 7.02. The van der Waals surface area contributed by atoms with Crippen LogP contribution in [0.15, 0.2) is 11.2 Å². The molecule has 1 aliphatic rings. The minimum atomic E-state index is 0.0942. The van der Waals surface area contributed by atoms with Gasteiger partial charge in [0, 0.05) is 6.04 Å². The van der Waals surface area contributed by atoms with Crippen LogP contribution >= 0.6 is 11.8 Å². The molecule has 94 valence electrons. The summed E-state index contributed by atoms with van der Waals surface area (Å²) in [4.78, 5) is 11.8. The molecule has 17 heavy (non-hydrogen) atoms. The predicted molar refractivity (Wildman–Crippen MR) is 66.7 cm³/mol. The van der Waals surface area contributed by atoms with Crippen LogP contribution in [0.25, 0.3) is 0 Å². The van der Waals surface area contributed by atoms with Gasteiger partial charge >= 0.3 is 0 Å². The molecule has 1 heterocycles. The Morgan fingerprint density at radius 2 is 2.41 bits per heavy atom. The Hall–Kier alpha value is -1.04. The molecular formula is C11H18N4OS. The van der Waals surface area contributed by atoms with Crippen molar-refractivity contribution in [3.63, 3.8) is 0 Å². The van der Waals surface area contributed by atoms with E-state index in [1.807, 2.05) is 0 Å². The molecule has 2 atom stereocenters. The second kappa shape index (κ2) is 6.05. The number of aromatic nitrogens is 3. The molecule has 0 spiro atoms. The molecule has 0 aliphatic heterocycles. The van der Waals surface area contributed by atoms with Gasteiger partial charge < -0.3 is 5.32 Å². The quantitative estimate of drug-likeness (QED) is 0.801. The second-order valence-electron chi connectivity index (χ2n) is 4.53. The van der Waals surface area contributed by atoms with Crippen LogP contribution in [0.4, 0.5) is 0 Å². The van der Waals surface area contributed by atoms with Crippen molar-refractivity contribution < 1.29 is 4.79 Å². The SMILES string of the molecule is C[C@H]1CCCC[C@H]1NC(=O)CSc1cn[nH]n1. The number of hydrogen-bond acceptors (Lipinski definition) is 4. The van der Waals surface area contributed by atoms with Crippen molar-refractivity contribution >= 4 is 17.7 Å². The van der Waals surface area contributed by atoms with Gasteiger partial charge in [-0.1, -0.05) is 31.5 Å². The summed E-state index contributed by atoms with van der Waals surface area (Å²) in [6.45, 7) is 2.22. The third-order valence-corrected chi connectivity index (χ3v) is 4.10. The van der Waals surface area contributed by atoms with Crippen LogP contribution in [0.1, 0.15) is 32.6 Å². The zero-order valence-corrected chi connectivity index (χ0v) is 10.8. The molecule has 2 N–H and O–H groups in total. The largest absolute Gasteiger partial charge is 0.352 e. The Balaban J connectivity index is 1.73. The van der Waals surface area contributed by atoms with E-state index in [1.165, 1.54) is 31.0 Å². The van der Waals surface area contributed by atoms with Crippen molar-refractivity contribution in [3.05, 3.63) is 6.20 Å². The normalized spacial score (nSPS) is 24.5. The Labute approximate surface area is 105 Å². The average Bonchev–Trinajstić information content (AvgIpc) is 2.82. The molecular weight excluding hydrogens is 236 g/mol. The highest BCUT2D eigenvalue weighted by Gasteiger charge is 2.22. The maximum absolute atomic E-state index is 11.8. The molecule has 0 saturated heterocycles. The second-order valence-corrected chi connectivity index (χ2v) is 5.53. The fourth-order valence-electron chi connectivity index (χ4n) is 2.18. The van der Waals surface area contributed by atoms with E-state index in [4.69, 9.17) is 0 Å². The number of thioether (sulfide) groups is 1. The van der Waals surface area contributed by atoms with Crippen LogP contribution in [0.3, 0.4) is 0 Å². The van der Waals surface area contributed by atoms with Crippen LogP contribution in [-0.2, 0) is 4.79 Å². The van der Waals surface area contributed by atoms with Crippen molar-refractivity contribution in [2.75, 3.05) is 5.75 Å². The molecule has 0 bridgehead atoms. The van der Waals surface area contributed by atoms with Gasteiger partial charge in [0.25, 0.3) is 0 Å². The van der Waals surface area contributed by atoms with E-state index in [2.05, 4.69) is 27.7 Å². The molecule has 0 unspecified atom stereocenters. The first-order valence-electron chi connectivity index (χ1n) is 6.03. The highest BCUT2D eigenvalue weighted by Crippen LogP contribution is 2.23. The molecule has 1 fully saturated rings. The zero-order valence-electron chi connectivity index (χ0n) is 9.98. The summed E-state index contributed by atoms with van der Waals surface area (Å²) in [7, 11) is 0. The highest BCUT2D eigenvalue weighted by molar-refractivity contribution is 7.99. The molecule has 0 aromatic carbocycles. The number of hydrogen-bond donors (Lipinski definition) is 2. The van der Waals surface area contributed by atoms with Crippen molar-refractivity contribution in [3.8, 4) is 0 Å². The van der Waals surface area contributed by atoms with Crippen LogP contribution in [0.2, 0.25) is 0 Å². The Morgan fingerprint density at radius 3 is 3.12 bits per heavy atom. The number of nitrogens with zero attached hydrogens (tertiary/aromatic N) is 2. The molecule has 1 saturated carbocycles. The standard InChI is InChI=1S/C11H18N4OS/c1-8-4-2-3-5-9(8)13-10(16)7-17-11-6-12-15-14-11/h6,8-9H,2-5,7H2,1H3,(H,13,16)(H,12,14,15)/t8-,9+/m0/s1. The molecule has 1 amide bonds. The minimum Gasteiger partial charge on any atom is -0.352 e. The number of aromatic amines is 1. The lowest BCUT2D eigenvalue weighted by atomic mass is 9.86. The first kappa shape index (κ1) is 12.4. The maximum atomic E-state index is 11.8. The number of carbonyl (C=O) groups excluding carboxylic acids is 1. The van der Waals surface area contributed by atoms with Gasteiger partial charge in [-0.15, -0.1) is 5.10 Å². The molecule has 5 nitrogen and oxygen atoms in total. The smallest absolute Gasteiger partial charge is 0.230 e.